The summed E-state index contributed by atoms with van der Waals surface area (Å²) in [6.07, 6.45) is 6.88. The van der Waals surface area contributed by atoms with Crippen LogP contribution in [0.15, 0.2) is 54.7 Å². The van der Waals surface area contributed by atoms with Crippen LogP contribution in [0.2, 0.25) is 0 Å². The van der Waals surface area contributed by atoms with Gasteiger partial charge in [-0.1, -0.05) is 62.9 Å². The van der Waals surface area contributed by atoms with E-state index in [1.807, 2.05) is 24.3 Å². The summed E-state index contributed by atoms with van der Waals surface area (Å²) in [6.45, 7) is 6.97. The third-order valence-electron chi connectivity index (χ3n) is 6.27. The maximum Gasteiger partial charge on any atom is 0.235 e. The topological polar surface area (TPSA) is 51.2 Å². The van der Waals surface area contributed by atoms with E-state index in [0.717, 1.165) is 53.6 Å². The molecule has 1 heterocycles. The van der Waals surface area contributed by atoms with Crippen LogP contribution in [0.4, 0.5) is 5.69 Å². The highest BCUT2D eigenvalue weighted by atomic mass is 16.5. The van der Waals surface area contributed by atoms with Crippen LogP contribution in [-0.4, -0.2) is 17.5 Å². The van der Waals surface area contributed by atoms with Gasteiger partial charge in [0.05, 0.1) is 17.7 Å². The van der Waals surface area contributed by atoms with Crippen LogP contribution in [-0.2, 0) is 10.2 Å². The molecule has 1 aliphatic rings. The molecule has 1 saturated carbocycles. The molecule has 0 bridgehead atoms. The average molecular weight is 417 g/mol. The molecule has 0 spiro atoms. The molecule has 1 N–H and O–H groups in total. The Hall–Kier alpha value is -2.88. The maximum absolute atomic E-state index is 13.8. The largest absolute Gasteiger partial charge is 0.491 e. The normalized spacial score (nSPS) is 15.7. The van der Waals surface area contributed by atoms with Crippen molar-refractivity contribution in [2.45, 2.75) is 58.3 Å². The number of aromatic nitrogens is 1. The van der Waals surface area contributed by atoms with Crippen molar-refractivity contribution in [3.8, 4) is 5.75 Å². The molecule has 0 radical (unpaired) electrons. The molecular formula is C27H32N2O2. The molecule has 0 saturated heterocycles. The third-order valence-corrected chi connectivity index (χ3v) is 6.27. The number of ether oxygens (including phenoxy) is 1. The fourth-order valence-corrected chi connectivity index (χ4v) is 4.62. The molecule has 0 unspecified atom stereocenters. The van der Waals surface area contributed by atoms with Gasteiger partial charge in [-0.25, -0.2) is 0 Å². The Kier molecular flexibility index (Phi) is 6.26. The smallest absolute Gasteiger partial charge is 0.235 e. The second-order valence-corrected chi connectivity index (χ2v) is 9.18. The summed E-state index contributed by atoms with van der Waals surface area (Å²) in [6, 6.07) is 16.2. The Labute approximate surface area is 185 Å². The van der Waals surface area contributed by atoms with E-state index in [-0.39, 0.29) is 5.91 Å². The first-order chi connectivity index (χ1) is 15.0. The molecule has 2 aromatic carbocycles. The number of fused-ring (bicyclic) bond motifs is 1. The number of aryl methyl sites for hydroxylation is 1. The molecule has 31 heavy (non-hydrogen) atoms. The summed E-state index contributed by atoms with van der Waals surface area (Å²) in [5, 5.41) is 4.18. The van der Waals surface area contributed by atoms with Crippen LogP contribution in [0, 0.1) is 12.8 Å². The second-order valence-electron chi connectivity index (χ2n) is 9.18. The fourth-order valence-electron chi connectivity index (χ4n) is 4.62. The van der Waals surface area contributed by atoms with Gasteiger partial charge >= 0.3 is 0 Å². The van der Waals surface area contributed by atoms with Crippen LogP contribution in [0.1, 0.15) is 57.1 Å². The summed E-state index contributed by atoms with van der Waals surface area (Å²) >= 11 is 0. The Morgan fingerprint density at radius 3 is 2.65 bits per heavy atom. The van der Waals surface area contributed by atoms with Crippen LogP contribution in [0.3, 0.4) is 0 Å². The van der Waals surface area contributed by atoms with E-state index >= 15 is 0 Å². The number of pyridine rings is 1. The van der Waals surface area contributed by atoms with Crippen molar-refractivity contribution in [3.63, 3.8) is 0 Å². The predicted octanol–water partition coefficient (Wildman–Crippen LogP) is 6.42. The number of nitrogens with zero attached hydrogens (tertiary/aromatic N) is 1. The van der Waals surface area contributed by atoms with Crippen molar-refractivity contribution in [1.29, 1.82) is 0 Å². The van der Waals surface area contributed by atoms with Crippen molar-refractivity contribution in [2.24, 2.45) is 5.92 Å². The first kappa shape index (κ1) is 21.4. The van der Waals surface area contributed by atoms with E-state index in [2.05, 4.69) is 55.3 Å². The van der Waals surface area contributed by atoms with Crippen LogP contribution in [0.25, 0.3) is 10.9 Å². The number of hydrogen-bond acceptors (Lipinski definition) is 3. The maximum atomic E-state index is 13.8. The molecule has 3 aromatic rings. The highest BCUT2D eigenvalue weighted by Gasteiger charge is 2.41. The van der Waals surface area contributed by atoms with Crippen molar-refractivity contribution < 1.29 is 9.53 Å². The molecule has 1 amide bonds. The van der Waals surface area contributed by atoms with Gasteiger partial charge in [-0.15, -0.1) is 0 Å². The Morgan fingerprint density at radius 1 is 1.10 bits per heavy atom. The SMILES string of the molecule is Cc1cccc(C2(C(=O)Nc3ccc(OCC(C)C)c4ncccc34)CCCCC2)c1. The van der Waals surface area contributed by atoms with E-state index in [1.54, 1.807) is 6.20 Å². The lowest BCUT2D eigenvalue weighted by molar-refractivity contribution is -0.122. The predicted molar refractivity (Wildman–Crippen MR) is 127 cm³/mol. The van der Waals surface area contributed by atoms with Crippen LogP contribution in [0.5, 0.6) is 5.75 Å². The van der Waals surface area contributed by atoms with Crippen LogP contribution < -0.4 is 10.1 Å². The molecule has 1 aromatic heterocycles. The molecule has 4 rings (SSSR count). The lowest BCUT2D eigenvalue weighted by Crippen LogP contribution is -2.42. The average Bonchev–Trinajstić information content (AvgIpc) is 2.79. The summed E-state index contributed by atoms with van der Waals surface area (Å²) in [5.74, 6) is 1.27. The van der Waals surface area contributed by atoms with Crippen LogP contribution >= 0.6 is 0 Å². The number of carbonyl (C=O) groups excluding carboxylic acids is 1. The van der Waals surface area contributed by atoms with Gasteiger partial charge in [-0.3, -0.25) is 9.78 Å². The van der Waals surface area contributed by atoms with Crippen molar-refractivity contribution in [1.82, 2.24) is 4.98 Å². The Bertz CT molecular complexity index is 1070. The van der Waals surface area contributed by atoms with Gasteiger partial charge in [0, 0.05) is 11.6 Å². The van der Waals surface area contributed by atoms with Gasteiger partial charge in [0.1, 0.15) is 11.3 Å². The molecule has 0 atom stereocenters. The summed E-state index contributed by atoms with van der Waals surface area (Å²) in [5.41, 5.74) is 3.42. The standard InChI is InChI=1S/C27H32N2O2/c1-19(2)18-31-24-13-12-23(22-11-8-16-28-25(22)24)29-26(30)27(14-5-4-6-15-27)21-10-7-9-20(3)17-21/h7-13,16-17,19H,4-6,14-15,18H2,1-3H3,(H,29,30). The Balaban J connectivity index is 1.69. The van der Waals surface area contributed by atoms with Gasteiger partial charge in [0.15, 0.2) is 0 Å². The van der Waals surface area contributed by atoms with E-state index in [9.17, 15) is 4.79 Å². The minimum atomic E-state index is -0.481. The summed E-state index contributed by atoms with van der Waals surface area (Å²) in [7, 11) is 0. The van der Waals surface area contributed by atoms with Gasteiger partial charge in [0.25, 0.3) is 0 Å². The summed E-state index contributed by atoms with van der Waals surface area (Å²) in [4.78, 5) is 18.3. The molecular weight excluding hydrogens is 384 g/mol. The molecule has 162 valence electrons. The van der Waals surface area contributed by atoms with E-state index in [4.69, 9.17) is 4.74 Å². The number of anilines is 1. The number of amides is 1. The number of hydrogen-bond donors (Lipinski definition) is 1. The molecule has 4 heteroatoms. The lowest BCUT2D eigenvalue weighted by Gasteiger charge is -2.36. The Morgan fingerprint density at radius 2 is 1.90 bits per heavy atom. The first-order valence-corrected chi connectivity index (χ1v) is 11.4. The van der Waals surface area contributed by atoms with Gasteiger partial charge in [-0.05, 0) is 55.5 Å². The van der Waals surface area contributed by atoms with Crippen molar-refractivity contribution in [3.05, 3.63) is 65.9 Å². The zero-order chi connectivity index (χ0) is 21.8. The fraction of sp³-hybridized carbons (Fsp3) is 0.407. The zero-order valence-electron chi connectivity index (χ0n) is 18.8. The zero-order valence-corrected chi connectivity index (χ0v) is 18.8. The second kappa shape index (κ2) is 9.09. The number of nitrogens with one attached hydrogen (secondary N) is 1. The first-order valence-electron chi connectivity index (χ1n) is 11.4. The molecule has 1 aliphatic carbocycles. The monoisotopic (exact) mass is 416 g/mol. The molecule has 1 fully saturated rings. The summed E-state index contributed by atoms with van der Waals surface area (Å²) < 4.78 is 5.98. The highest BCUT2D eigenvalue weighted by Crippen LogP contribution is 2.41. The molecule has 0 aliphatic heterocycles. The third kappa shape index (κ3) is 4.43. The van der Waals surface area contributed by atoms with Gasteiger partial charge < -0.3 is 10.1 Å². The van der Waals surface area contributed by atoms with E-state index in [1.165, 1.54) is 12.0 Å². The number of carbonyl (C=O) groups is 1. The highest BCUT2D eigenvalue weighted by molar-refractivity contribution is 6.06. The molecule has 4 nitrogen and oxygen atoms in total. The van der Waals surface area contributed by atoms with Gasteiger partial charge in [-0.2, -0.15) is 0 Å². The quantitative estimate of drug-likeness (QED) is 0.504. The number of benzene rings is 2. The minimum absolute atomic E-state index is 0.0822. The van der Waals surface area contributed by atoms with Gasteiger partial charge in [0.2, 0.25) is 5.91 Å². The van der Waals surface area contributed by atoms with E-state index < -0.39 is 5.41 Å². The van der Waals surface area contributed by atoms with Crippen molar-refractivity contribution >= 4 is 22.5 Å². The van der Waals surface area contributed by atoms with Crippen molar-refractivity contribution in [2.75, 3.05) is 11.9 Å². The van der Waals surface area contributed by atoms with E-state index in [0.29, 0.717) is 12.5 Å². The lowest BCUT2D eigenvalue weighted by atomic mass is 9.68. The minimum Gasteiger partial charge on any atom is -0.491 e. The number of rotatable bonds is 6.